The summed E-state index contributed by atoms with van der Waals surface area (Å²) in [7, 11) is 0. The summed E-state index contributed by atoms with van der Waals surface area (Å²) < 4.78 is 31.7. The Morgan fingerprint density at radius 1 is 1.14 bits per heavy atom. The Hall–Kier alpha value is -2.65. The topological polar surface area (TPSA) is 62.5 Å². The van der Waals surface area contributed by atoms with Gasteiger partial charge in [0.1, 0.15) is 0 Å². The highest BCUT2D eigenvalue weighted by Gasteiger charge is 2.23. The highest BCUT2D eigenvalue weighted by Crippen LogP contribution is 2.21. The lowest BCUT2D eigenvalue weighted by molar-refractivity contribution is 0.0635. The third kappa shape index (κ3) is 4.68. The second-order valence-corrected chi connectivity index (χ2v) is 7.80. The van der Waals surface area contributed by atoms with Crippen molar-refractivity contribution in [2.45, 2.75) is 12.8 Å². The zero-order chi connectivity index (χ0) is 20.2. The Morgan fingerprint density at radius 3 is 2.69 bits per heavy atom. The molecular weight excluding hydrogens is 398 g/mol. The van der Waals surface area contributed by atoms with Gasteiger partial charge >= 0.3 is 0 Å². The van der Waals surface area contributed by atoms with Crippen LogP contribution in [0.5, 0.6) is 0 Å². The van der Waals surface area contributed by atoms with Crippen molar-refractivity contribution >= 4 is 17.2 Å². The molecule has 4 rings (SSSR count). The van der Waals surface area contributed by atoms with Crippen LogP contribution in [0.25, 0.3) is 10.7 Å². The molecule has 3 aromatic rings. The molecule has 29 heavy (non-hydrogen) atoms. The Bertz CT molecular complexity index is 969. The smallest absolute Gasteiger partial charge is 0.254 e. The molecule has 1 saturated heterocycles. The second-order valence-electron chi connectivity index (χ2n) is 6.86. The van der Waals surface area contributed by atoms with Crippen LogP contribution in [0.15, 0.2) is 40.2 Å². The number of carbonyl (C=O) groups excluding carboxylic acids is 1. The van der Waals surface area contributed by atoms with E-state index >= 15 is 0 Å². The van der Waals surface area contributed by atoms with Crippen LogP contribution >= 0.6 is 11.3 Å². The number of hydrogen-bond donors (Lipinski definition) is 0. The average molecular weight is 418 g/mol. The van der Waals surface area contributed by atoms with Crippen LogP contribution in [0.2, 0.25) is 0 Å². The van der Waals surface area contributed by atoms with Crippen molar-refractivity contribution in [3.63, 3.8) is 0 Å². The van der Waals surface area contributed by atoms with E-state index in [1.54, 1.807) is 16.2 Å². The van der Waals surface area contributed by atoms with Crippen LogP contribution in [0.3, 0.4) is 0 Å². The number of thiophene rings is 1. The summed E-state index contributed by atoms with van der Waals surface area (Å²) in [6.07, 6.45) is 1.58. The van der Waals surface area contributed by atoms with Gasteiger partial charge in [0, 0.05) is 38.2 Å². The molecule has 0 aliphatic carbocycles. The van der Waals surface area contributed by atoms with E-state index in [-0.39, 0.29) is 11.5 Å². The molecule has 0 N–H and O–H groups in total. The van der Waals surface area contributed by atoms with Crippen molar-refractivity contribution < 1.29 is 18.1 Å². The minimum atomic E-state index is -1.00. The average Bonchev–Trinajstić information content (AvgIpc) is 3.42. The van der Waals surface area contributed by atoms with Crippen molar-refractivity contribution in [1.82, 2.24) is 19.9 Å². The highest BCUT2D eigenvalue weighted by atomic mass is 32.1. The maximum Gasteiger partial charge on any atom is 0.254 e. The van der Waals surface area contributed by atoms with Crippen molar-refractivity contribution in [2.24, 2.45) is 0 Å². The molecular formula is C20H20F2N4O2S. The lowest BCUT2D eigenvalue weighted by atomic mass is 10.1. The normalized spacial score (nSPS) is 15.0. The SMILES string of the molecule is O=C(c1ccc(F)c(F)c1)N1CCN(CCCc2nc(-c3cccs3)no2)CC1. The van der Waals surface area contributed by atoms with Gasteiger partial charge in [-0.15, -0.1) is 11.3 Å². The summed E-state index contributed by atoms with van der Waals surface area (Å²) in [5.41, 5.74) is 0.176. The molecule has 1 aliphatic heterocycles. The van der Waals surface area contributed by atoms with Gasteiger partial charge in [0.15, 0.2) is 11.6 Å². The maximum absolute atomic E-state index is 13.4. The van der Waals surface area contributed by atoms with Gasteiger partial charge in [-0.25, -0.2) is 8.78 Å². The Kier molecular flexibility index (Phi) is 5.96. The van der Waals surface area contributed by atoms with Crippen molar-refractivity contribution in [1.29, 1.82) is 0 Å². The number of aromatic nitrogens is 2. The minimum absolute atomic E-state index is 0.176. The van der Waals surface area contributed by atoms with E-state index in [9.17, 15) is 13.6 Å². The number of rotatable bonds is 6. The number of piperazine rings is 1. The molecule has 9 heteroatoms. The number of halogens is 2. The van der Waals surface area contributed by atoms with Gasteiger partial charge < -0.3 is 9.42 Å². The van der Waals surface area contributed by atoms with Crippen LogP contribution in [-0.4, -0.2) is 58.6 Å². The van der Waals surface area contributed by atoms with E-state index in [1.807, 2.05) is 17.5 Å². The lowest BCUT2D eigenvalue weighted by Gasteiger charge is -2.34. The maximum atomic E-state index is 13.4. The summed E-state index contributed by atoms with van der Waals surface area (Å²) in [6, 6.07) is 7.18. The van der Waals surface area contributed by atoms with E-state index < -0.39 is 11.6 Å². The van der Waals surface area contributed by atoms with Crippen LogP contribution in [-0.2, 0) is 6.42 Å². The Morgan fingerprint density at radius 2 is 1.97 bits per heavy atom. The van der Waals surface area contributed by atoms with Gasteiger partial charge in [-0.05, 0) is 42.6 Å². The fourth-order valence-corrected chi connectivity index (χ4v) is 3.95. The summed E-state index contributed by atoms with van der Waals surface area (Å²) in [5, 5.41) is 5.98. The van der Waals surface area contributed by atoms with Crippen molar-refractivity contribution in [3.05, 3.63) is 58.8 Å². The minimum Gasteiger partial charge on any atom is -0.339 e. The van der Waals surface area contributed by atoms with Crippen LogP contribution < -0.4 is 0 Å². The van der Waals surface area contributed by atoms with E-state index in [0.29, 0.717) is 31.2 Å². The summed E-state index contributed by atoms with van der Waals surface area (Å²) >= 11 is 1.57. The third-order valence-corrected chi connectivity index (χ3v) is 5.77. The van der Waals surface area contributed by atoms with E-state index in [1.165, 1.54) is 6.07 Å². The fraction of sp³-hybridized carbons (Fsp3) is 0.350. The molecule has 0 spiro atoms. The molecule has 6 nitrogen and oxygen atoms in total. The molecule has 1 aromatic carbocycles. The molecule has 0 bridgehead atoms. The zero-order valence-corrected chi connectivity index (χ0v) is 16.5. The van der Waals surface area contributed by atoms with Gasteiger partial charge in [0.25, 0.3) is 5.91 Å². The van der Waals surface area contributed by atoms with Crippen molar-refractivity contribution in [3.8, 4) is 10.7 Å². The van der Waals surface area contributed by atoms with E-state index in [0.717, 1.165) is 43.1 Å². The van der Waals surface area contributed by atoms with Crippen LogP contribution in [0.4, 0.5) is 8.78 Å². The molecule has 1 amide bonds. The van der Waals surface area contributed by atoms with E-state index in [4.69, 9.17) is 4.52 Å². The Labute approximate surface area is 170 Å². The van der Waals surface area contributed by atoms with Gasteiger partial charge in [-0.2, -0.15) is 4.98 Å². The molecule has 0 unspecified atom stereocenters. The molecule has 0 radical (unpaired) electrons. The highest BCUT2D eigenvalue weighted by molar-refractivity contribution is 7.13. The number of benzene rings is 1. The number of nitrogens with zero attached hydrogens (tertiary/aromatic N) is 4. The lowest BCUT2D eigenvalue weighted by Crippen LogP contribution is -2.48. The van der Waals surface area contributed by atoms with Gasteiger partial charge in [0.2, 0.25) is 11.7 Å². The fourth-order valence-electron chi connectivity index (χ4n) is 3.30. The van der Waals surface area contributed by atoms with Gasteiger partial charge in [-0.1, -0.05) is 11.2 Å². The molecule has 0 saturated carbocycles. The first-order valence-electron chi connectivity index (χ1n) is 9.43. The van der Waals surface area contributed by atoms with Gasteiger partial charge in [-0.3, -0.25) is 9.69 Å². The molecule has 3 heterocycles. The molecule has 1 fully saturated rings. The summed E-state index contributed by atoms with van der Waals surface area (Å²) in [4.78, 5) is 21.8. The quantitative estimate of drug-likeness (QED) is 0.614. The predicted octanol–water partition coefficient (Wildman–Crippen LogP) is 3.47. The van der Waals surface area contributed by atoms with Crippen molar-refractivity contribution in [2.75, 3.05) is 32.7 Å². The largest absolute Gasteiger partial charge is 0.339 e. The second kappa shape index (κ2) is 8.79. The standard InChI is InChI=1S/C20H20F2N4O2S/c21-15-6-5-14(13-16(15)22)20(27)26-10-8-25(9-11-26)7-1-4-18-23-19(24-28-18)17-3-2-12-29-17/h2-3,5-6,12-13H,1,4,7-11H2. The van der Waals surface area contributed by atoms with Crippen LogP contribution in [0, 0.1) is 11.6 Å². The summed E-state index contributed by atoms with van der Waals surface area (Å²) in [5.74, 6) is -0.969. The number of carbonyl (C=O) groups is 1. The first-order valence-corrected chi connectivity index (χ1v) is 10.3. The number of aryl methyl sites for hydroxylation is 1. The molecule has 152 valence electrons. The molecule has 2 aromatic heterocycles. The number of amides is 1. The first kappa shape index (κ1) is 19.7. The van der Waals surface area contributed by atoms with E-state index in [2.05, 4.69) is 15.0 Å². The zero-order valence-electron chi connectivity index (χ0n) is 15.7. The summed E-state index contributed by atoms with van der Waals surface area (Å²) in [6.45, 7) is 3.45. The number of hydrogen-bond acceptors (Lipinski definition) is 6. The molecule has 0 atom stereocenters. The third-order valence-electron chi connectivity index (χ3n) is 4.90. The monoisotopic (exact) mass is 418 g/mol. The van der Waals surface area contributed by atoms with Gasteiger partial charge in [0.05, 0.1) is 4.88 Å². The predicted molar refractivity (Wildman–Crippen MR) is 105 cm³/mol. The molecule has 1 aliphatic rings. The van der Waals surface area contributed by atoms with Crippen LogP contribution in [0.1, 0.15) is 22.7 Å². The Balaban J connectivity index is 1.22. The first-order chi connectivity index (χ1) is 14.1.